The van der Waals surface area contributed by atoms with E-state index in [2.05, 4.69) is 4.90 Å². The molecule has 0 radical (unpaired) electrons. The van der Waals surface area contributed by atoms with Crippen molar-refractivity contribution in [2.24, 2.45) is 17.1 Å². The molecule has 1 heterocycles. The van der Waals surface area contributed by atoms with E-state index in [0.717, 1.165) is 25.5 Å². The molecule has 0 bridgehead atoms. The number of rotatable bonds is 5. The average Bonchev–Trinajstić information content (AvgIpc) is 2.66. The molecule has 2 rings (SSSR count). The highest BCUT2D eigenvalue weighted by molar-refractivity contribution is 4.97. The van der Waals surface area contributed by atoms with Gasteiger partial charge in [-0.1, -0.05) is 19.3 Å². The molecule has 0 aromatic rings. The summed E-state index contributed by atoms with van der Waals surface area (Å²) < 4.78 is 5.45. The largest absolute Gasteiger partial charge is 0.384 e. The van der Waals surface area contributed by atoms with E-state index < -0.39 is 0 Å². The van der Waals surface area contributed by atoms with Crippen LogP contribution >= 0.6 is 0 Å². The van der Waals surface area contributed by atoms with Crippen LogP contribution in [-0.4, -0.2) is 44.8 Å². The van der Waals surface area contributed by atoms with Gasteiger partial charge in [-0.3, -0.25) is 0 Å². The average molecular weight is 240 g/mol. The summed E-state index contributed by atoms with van der Waals surface area (Å²) in [6.07, 6.45) is 8.25. The second-order valence-electron chi connectivity index (χ2n) is 5.95. The van der Waals surface area contributed by atoms with Gasteiger partial charge in [-0.25, -0.2) is 0 Å². The van der Waals surface area contributed by atoms with Gasteiger partial charge in [0, 0.05) is 26.1 Å². The number of hydrogen-bond donors (Lipinski definition) is 1. The summed E-state index contributed by atoms with van der Waals surface area (Å²) in [6, 6.07) is 0. The van der Waals surface area contributed by atoms with E-state index in [-0.39, 0.29) is 0 Å². The lowest BCUT2D eigenvalue weighted by molar-refractivity contribution is 0.0666. The second kappa shape index (κ2) is 6.17. The van der Waals surface area contributed by atoms with Crippen molar-refractivity contribution < 1.29 is 4.74 Å². The quantitative estimate of drug-likeness (QED) is 0.797. The van der Waals surface area contributed by atoms with E-state index in [1.807, 2.05) is 7.11 Å². The number of nitrogens with two attached hydrogens (primary N) is 1. The van der Waals surface area contributed by atoms with Gasteiger partial charge in [-0.2, -0.15) is 0 Å². The van der Waals surface area contributed by atoms with Crippen LogP contribution in [0.25, 0.3) is 0 Å². The summed E-state index contributed by atoms with van der Waals surface area (Å²) in [5, 5.41) is 0. The minimum atomic E-state index is 0.572. The lowest BCUT2D eigenvalue weighted by atomic mass is 9.68. The van der Waals surface area contributed by atoms with Crippen molar-refractivity contribution in [3.8, 4) is 0 Å². The van der Waals surface area contributed by atoms with Gasteiger partial charge in [0.05, 0.1) is 6.61 Å². The van der Waals surface area contributed by atoms with E-state index in [1.54, 1.807) is 0 Å². The van der Waals surface area contributed by atoms with Crippen LogP contribution in [0.3, 0.4) is 0 Å². The smallest absolute Gasteiger partial charge is 0.0508 e. The summed E-state index contributed by atoms with van der Waals surface area (Å²) in [7, 11) is 1.85. The fraction of sp³-hybridized carbons (Fsp3) is 1.00. The van der Waals surface area contributed by atoms with Gasteiger partial charge in [0.1, 0.15) is 0 Å². The van der Waals surface area contributed by atoms with Crippen LogP contribution in [0.15, 0.2) is 0 Å². The number of ether oxygens (including phenoxy) is 1. The van der Waals surface area contributed by atoms with E-state index in [1.165, 1.54) is 51.7 Å². The Bertz CT molecular complexity index is 226. The van der Waals surface area contributed by atoms with Gasteiger partial charge in [-0.05, 0) is 37.8 Å². The number of nitrogens with zero attached hydrogens (tertiary/aromatic N) is 1. The Morgan fingerprint density at radius 3 is 2.71 bits per heavy atom. The van der Waals surface area contributed by atoms with Gasteiger partial charge < -0.3 is 15.4 Å². The van der Waals surface area contributed by atoms with Crippen LogP contribution in [0.1, 0.15) is 38.5 Å². The summed E-state index contributed by atoms with van der Waals surface area (Å²) in [4.78, 5) is 2.63. The zero-order valence-electron chi connectivity index (χ0n) is 11.3. The van der Waals surface area contributed by atoms with E-state index in [9.17, 15) is 0 Å². The number of hydrogen-bond acceptors (Lipinski definition) is 3. The third kappa shape index (κ3) is 3.01. The van der Waals surface area contributed by atoms with Gasteiger partial charge in [0.15, 0.2) is 0 Å². The molecule has 100 valence electrons. The molecule has 2 N–H and O–H groups in total. The molecule has 2 fully saturated rings. The van der Waals surface area contributed by atoms with Crippen LogP contribution in [0.2, 0.25) is 0 Å². The monoisotopic (exact) mass is 240 g/mol. The molecule has 17 heavy (non-hydrogen) atoms. The molecule has 0 amide bonds. The van der Waals surface area contributed by atoms with Gasteiger partial charge >= 0.3 is 0 Å². The molecular formula is C14H28N2O. The van der Waals surface area contributed by atoms with Crippen molar-refractivity contribution >= 4 is 0 Å². The first kappa shape index (κ1) is 13.3. The van der Waals surface area contributed by atoms with Crippen molar-refractivity contribution in [1.82, 2.24) is 4.90 Å². The lowest BCUT2D eigenvalue weighted by Gasteiger charge is -2.38. The molecular weight excluding hydrogens is 212 g/mol. The topological polar surface area (TPSA) is 38.5 Å². The van der Waals surface area contributed by atoms with E-state index in [4.69, 9.17) is 10.5 Å². The fourth-order valence-corrected chi connectivity index (χ4v) is 3.88. The molecule has 3 heteroatoms. The molecule has 3 nitrogen and oxygen atoms in total. The molecule has 1 aliphatic carbocycles. The van der Waals surface area contributed by atoms with Crippen molar-refractivity contribution in [1.29, 1.82) is 0 Å². The van der Waals surface area contributed by atoms with Crippen molar-refractivity contribution in [3.63, 3.8) is 0 Å². The molecule has 0 aromatic heterocycles. The van der Waals surface area contributed by atoms with Crippen LogP contribution in [-0.2, 0) is 4.74 Å². The Labute approximate surface area is 106 Å². The molecule has 2 aliphatic rings. The predicted molar refractivity (Wildman–Crippen MR) is 71.0 cm³/mol. The first-order chi connectivity index (χ1) is 8.30. The second-order valence-corrected chi connectivity index (χ2v) is 5.95. The zero-order chi connectivity index (χ0) is 12.1. The van der Waals surface area contributed by atoms with Crippen LogP contribution in [0, 0.1) is 11.3 Å². The molecule has 1 saturated heterocycles. The highest BCUT2D eigenvalue weighted by Gasteiger charge is 2.46. The first-order valence-electron chi connectivity index (χ1n) is 7.22. The van der Waals surface area contributed by atoms with E-state index in [0.29, 0.717) is 5.41 Å². The predicted octanol–water partition coefficient (Wildman–Crippen LogP) is 1.86. The minimum absolute atomic E-state index is 0.572. The van der Waals surface area contributed by atoms with Crippen molar-refractivity contribution in [3.05, 3.63) is 0 Å². The summed E-state index contributed by atoms with van der Waals surface area (Å²) in [5.74, 6) is 0.755. The molecule has 1 aliphatic heterocycles. The van der Waals surface area contributed by atoms with Gasteiger partial charge in [0.2, 0.25) is 0 Å². The molecule has 1 atom stereocenters. The zero-order valence-corrected chi connectivity index (χ0v) is 11.3. The van der Waals surface area contributed by atoms with Crippen molar-refractivity contribution in [2.45, 2.75) is 38.5 Å². The van der Waals surface area contributed by atoms with E-state index >= 15 is 0 Å². The fourth-order valence-electron chi connectivity index (χ4n) is 3.88. The number of likely N-dealkylation sites (tertiary alicyclic amines) is 1. The summed E-state index contributed by atoms with van der Waals surface area (Å²) in [5.41, 5.74) is 6.19. The third-order valence-corrected chi connectivity index (χ3v) is 4.78. The van der Waals surface area contributed by atoms with Crippen LogP contribution < -0.4 is 5.73 Å². The third-order valence-electron chi connectivity index (χ3n) is 4.78. The Kier molecular flexibility index (Phi) is 4.83. The normalized spacial score (nSPS) is 28.9. The SMILES string of the molecule is COC[C@H]1CN(CCCN)CC12CCCCC2. The summed E-state index contributed by atoms with van der Waals surface area (Å²) in [6.45, 7) is 5.46. The lowest BCUT2D eigenvalue weighted by Crippen LogP contribution is -2.35. The Morgan fingerprint density at radius 1 is 1.29 bits per heavy atom. The molecule has 0 aromatic carbocycles. The maximum atomic E-state index is 5.62. The van der Waals surface area contributed by atoms with Crippen LogP contribution in [0.4, 0.5) is 0 Å². The van der Waals surface area contributed by atoms with Crippen LogP contribution in [0.5, 0.6) is 0 Å². The van der Waals surface area contributed by atoms with Gasteiger partial charge in [-0.15, -0.1) is 0 Å². The molecule has 0 unspecified atom stereocenters. The Morgan fingerprint density at radius 2 is 2.06 bits per heavy atom. The first-order valence-corrected chi connectivity index (χ1v) is 7.22. The summed E-state index contributed by atoms with van der Waals surface area (Å²) >= 11 is 0. The van der Waals surface area contributed by atoms with Gasteiger partial charge in [0.25, 0.3) is 0 Å². The Hall–Kier alpha value is -0.120. The minimum Gasteiger partial charge on any atom is -0.384 e. The maximum absolute atomic E-state index is 5.62. The Balaban J connectivity index is 1.96. The molecule has 1 spiro atoms. The highest BCUT2D eigenvalue weighted by Crippen LogP contribution is 2.47. The van der Waals surface area contributed by atoms with Crippen molar-refractivity contribution in [2.75, 3.05) is 39.9 Å². The molecule has 1 saturated carbocycles. The maximum Gasteiger partial charge on any atom is 0.0508 e. The standard InChI is InChI=1S/C14H28N2O/c1-17-11-13-10-16(9-5-8-15)12-14(13)6-3-2-4-7-14/h13H,2-12,15H2,1H3/t13-/m1/s1. The number of methoxy groups -OCH3 is 1. The highest BCUT2D eigenvalue weighted by atomic mass is 16.5.